The molecule has 0 aliphatic heterocycles. The minimum atomic E-state index is -0.788. The first kappa shape index (κ1) is 13.1. The zero-order valence-corrected chi connectivity index (χ0v) is 9.70. The molecule has 0 spiro atoms. The van der Waals surface area contributed by atoms with Crippen LogP contribution in [-0.4, -0.2) is 6.29 Å². The topological polar surface area (TPSA) is 26.3 Å². The number of hydrogen-bond donors (Lipinski definition) is 0. The largest absolute Gasteiger partial charge is 0.485 e. The first-order valence-electron chi connectivity index (χ1n) is 5.42. The number of rotatable bonds is 4. The fourth-order valence-corrected chi connectivity index (χ4v) is 1.56. The van der Waals surface area contributed by atoms with Gasteiger partial charge in [-0.15, -0.1) is 0 Å². The molecular formula is C14H9F3O2. The molecular weight excluding hydrogens is 257 g/mol. The van der Waals surface area contributed by atoms with Gasteiger partial charge in [0.2, 0.25) is 0 Å². The third-order valence-electron chi connectivity index (χ3n) is 2.51. The molecule has 0 saturated carbocycles. The molecule has 0 fully saturated rings. The fourth-order valence-electron chi connectivity index (χ4n) is 1.56. The number of halogens is 3. The van der Waals surface area contributed by atoms with E-state index in [9.17, 15) is 18.0 Å². The maximum absolute atomic E-state index is 13.5. The highest BCUT2D eigenvalue weighted by atomic mass is 19.1. The third kappa shape index (κ3) is 2.93. The number of carbonyl (C=O) groups excluding carboxylic acids is 1. The number of benzene rings is 2. The second kappa shape index (κ2) is 5.56. The van der Waals surface area contributed by atoms with E-state index in [2.05, 4.69) is 0 Å². The Hall–Kier alpha value is -2.30. The molecule has 0 N–H and O–H groups in total. The molecule has 0 bridgehead atoms. The lowest BCUT2D eigenvalue weighted by Crippen LogP contribution is -2.02. The second-order valence-electron chi connectivity index (χ2n) is 3.80. The summed E-state index contributed by atoms with van der Waals surface area (Å²) in [5.41, 5.74) is 0.101. The summed E-state index contributed by atoms with van der Waals surface area (Å²) in [4.78, 5) is 10.7. The van der Waals surface area contributed by atoms with Gasteiger partial charge in [0, 0.05) is 11.6 Å². The van der Waals surface area contributed by atoms with Crippen molar-refractivity contribution in [3.8, 4) is 5.75 Å². The van der Waals surface area contributed by atoms with E-state index in [-0.39, 0.29) is 23.5 Å². The van der Waals surface area contributed by atoms with Crippen molar-refractivity contribution in [2.45, 2.75) is 6.61 Å². The van der Waals surface area contributed by atoms with Crippen molar-refractivity contribution in [3.05, 3.63) is 65.0 Å². The van der Waals surface area contributed by atoms with Crippen molar-refractivity contribution < 1.29 is 22.7 Å². The van der Waals surface area contributed by atoms with E-state index >= 15 is 0 Å². The number of aldehydes is 1. The van der Waals surface area contributed by atoms with Crippen LogP contribution in [0.15, 0.2) is 36.4 Å². The zero-order chi connectivity index (χ0) is 13.8. The summed E-state index contributed by atoms with van der Waals surface area (Å²) in [6, 6.07) is 6.86. The van der Waals surface area contributed by atoms with Gasteiger partial charge in [0.15, 0.2) is 17.9 Å². The normalized spacial score (nSPS) is 10.3. The molecule has 2 aromatic rings. The number of hydrogen-bond acceptors (Lipinski definition) is 2. The van der Waals surface area contributed by atoms with Gasteiger partial charge in [-0.2, -0.15) is 0 Å². The van der Waals surface area contributed by atoms with Gasteiger partial charge in [-0.3, -0.25) is 4.79 Å². The molecule has 0 unspecified atom stereocenters. The molecule has 0 atom stereocenters. The van der Waals surface area contributed by atoms with E-state index < -0.39 is 17.5 Å². The summed E-state index contributed by atoms with van der Waals surface area (Å²) in [6.07, 6.45) is 0.444. The van der Waals surface area contributed by atoms with Crippen LogP contribution in [0.3, 0.4) is 0 Å². The molecule has 2 aromatic carbocycles. The summed E-state index contributed by atoms with van der Waals surface area (Å²) in [7, 11) is 0. The van der Waals surface area contributed by atoms with Crippen molar-refractivity contribution in [2.75, 3.05) is 0 Å². The quantitative estimate of drug-likeness (QED) is 0.792. The molecule has 2 rings (SSSR count). The summed E-state index contributed by atoms with van der Waals surface area (Å²) < 4.78 is 44.6. The molecule has 2 nitrogen and oxygen atoms in total. The third-order valence-corrected chi connectivity index (χ3v) is 2.51. The van der Waals surface area contributed by atoms with Crippen LogP contribution in [0.1, 0.15) is 15.9 Å². The van der Waals surface area contributed by atoms with Crippen LogP contribution in [0.2, 0.25) is 0 Å². The lowest BCUT2D eigenvalue weighted by atomic mass is 10.2. The van der Waals surface area contributed by atoms with Crippen LogP contribution in [0.5, 0.6) is 5.75 Å². The number of para-hydroxylation sites is 1. The highest BCUT2D eigenvalue weighted by Gasteiger charge is 2.11. The standard InChI is InChI=1S/C14H9F3O2/c15-11-5-4-10(13(17)6-11)8-19-14-9(7-18)2-1-3-12(14)16/h1-7H,8H2. The van der Waals surface area contributed by atoms with Crippen molar-refractivity contribution in [1.82, 2.24) is 0 Å². The molecule has 0 radical (unpaired) electrons. The lowest BCUT2D eigenvalue weighted by molar-refractivity contribution is 0.111. The maximum Gasteiger partial charge on any atom is 0.165 e. The van der Waals surface area contributed by atoms with E-state index in [0.717, 1.165) is 12.1 Å². The van der Waals surface area contributed by atoms with Crippen LogP contribution in [0, 0.1) is 17.5 Å². The Balaban J connectivity index is 2.21. The molecule has 0 aliphatic carbocycles. The summed E-state index contributed by atoms with van der Waals surface area (Å²) in [6.45, 7) is -0.298. The van der Waals surface area contributed by atoms with E-state index in [1.807, 2.05) is 0 Å². The average molecular weight is 266 g/mol. The van der Waals surface area contributed by atoms with Gasteiger partial charge in [0.25, 0.3) is 0 Å². The average Bonchev–Trinajstić information content (AvgIpc) is 2.39. The van der Waals surface area contributed by atoms with Gasteiger partial charge >= 0.3 is 0 Å². The second-order valence-corrected chi connectivity index (χ2v) is 3.80. The van der Waals surface area contributed by atoms with Gasteiger partial charge in [-0.1, -0.05) is 6.07 Å². The van der Waals surface area contributed by atoms with Crippen LogP contribution < -0.4 is 4.74 Å². The van der Waals surface area contributed by atoms with Crippen molar-refractivity contribution in [1.29, 1.82) is 0 Å². The Kier molecular flexibility index (Phi) is 3.85. The molecule has 0 aromatic heterocycles. The smallest absolute Gasteiger partial charge is 0.165 e. The highest BCUT2D eigenvalue weighted by Crippen LogP contribution is 2.22. The summed E-state index contributed by atoms with van der Waals surface area (Å²) in [5.74, 6) is -2.46. The lowest BCUT2D eigenvalue weighted by Gasteiger charge is -2.10. The van der Waals surface area contributed by atoms with Crippen LogP contribution in [0.25, 0.3) is 0 Å². The van der Waals surface area contributed by atoms with E-state index in [0.29, 0.717) is 12.4 Å². The molecule has 0 aliphatic rings. The Labute approximate surface area is 107 Å². The minimum absolute atomic E-state index is 0.0301. The minimum Gasteiger partial charge on any atom is -0.485 e. The number of carbonyl (C=O) groups is 1. The van der Waals surface area contributed by atoms with Crippen LogP contribution in [-0.2, 0) is 6.61 Å². The molecule has 0 heterocycles. The van der Waals surface area contributed by atoms with Crippen molar-refractivity contribution in [3.63, 3.8) is 0 Å². The molecule has 98 valence electrons. The predicted octanol–water partition coefficient (Wildman–Crippen LogP) is 3.50. The number of ether oxygens (including phenoxy) is 1. The van der Waals surface area contributed by atoms with E-state index in [4.69, 9.17) is 4.74 Å². The van der Waals surface area contributed by atoms with Crippen LogP contribution >= 0.6 is 0 Å². The molecule has 0 amide bonds. The van der Waals surface area contributed by atoms with E-state index in [1.165, 1.54) is 18.2 Å². The SMILES string of the molecule is O=Cc1cccc(F)c1OCc1ccc(F)cc1F. The predicted molar refractivity (Wildman–Crippen MR) is 62.5 cm³/mol. The van der Waals surface area contributed by atoms with Gasteiger partial charge in [0.1, 0.15) is 18.2 Å². The van der Waals surface area contributed by atoms with Gasteiger partial charge in [-0.05, 0) is 24.3 Å². The Morgan fingerprint density at radius 2 is 1.84 bits per heavy atom. The zero-order valence-electron chi connectivity index (χ0n) is 9.70. The fraction of sp³-hybridized carbons (Fsp3) is 0.0714. The van der Waals surface area contributed by atoms with Crippen molar-refractivity contribution in [2.24, 2.45) is 0 Å². The Bertz CT molecular complexity index is 612. The first-order valence-corrected chi connectivity index (χ1v) is 5.42. The summed E-state index contributed by atoms with van der Waals surface area (Å²) >= 11 is 0. The molecule has 0 saturated heterocycles. The van der Waals surface area contributed by atoms with Crippen molar-refractivity contribution >= 4 is 6.29 Å². The molecule has 5 heteroatoms. The van der Waals surface area contributed by atoms with E-state index in [1.54, 1.807) is 0 Å². The van der Waals surface area contributed by atoms with Crippen LogP contribution in [0.4, 0.5) is 13.2 Å². The maximum atomic E-state index is 13.5. The highest BCUT2D eigenvalue weighted by molar-refractivity contribution is 5.79. The van der Waals surface area contributed by atoms with Gasteiger partial charge < -0.3 is 4.74 Å². The monoisotopic (exact) mass is 266 g/mol. The molecule has 19 heavy (non-hydrogen) atoms. The summed E-state index contributed by atoms with van der Waals surface area (Å²) in [5, 5.41) is 0. The first-order chi connectivity index (χ1) is 9.11. The van der Waals surface area contributed by atoms with Gasteiger partial charge in [-0.25, -0.2) is 13.2 Å². The van der Waals surface area contributed by atoms with Gasteiger partial charge in [0.05, 0.1) is 5.56 Å². The Morgan fingerprint density at radius 1 is 1.05 bits per heavy atom. The Morgan fingerprint density at radius 3 is 2.53 bits per heavy atom.